The first-order valence-corrected chi connectivity index (χ1v) is 9.16. The van der Waals surface area contributed by atoms with E-state index in [1.807, 2.05) is 0 Å². The average molecular weight is 280 g/mol. The molecule has 0 saturated carbocycles. The summed E-state index contributed by atoms with van der Waals surface area (Å²) >= 11 is 0. The first-order chi connectivity index (χ1) is 9.65. The number of rotatable bonds is 7. The Morgan fingerprint density at radius 3 is 2.30 bits per heavy atom. The molecule has 0 amide bonds. The van der Waals surface area contributed by atoms with Crippen molar-refractivity contribution in [2.75, 3.05) is 6.54 Å². The third kappa shape index (κ3) is 3.98. The fraction of sp³-hybridized carbons (Fsp3) is 1.00. The quantitative estimate of drug-likeness (QED) is 0.752. The van der Waals surface area contributed by atoms with Gasteiger partial charge in [-0.3, -0.25) is 4.90 Å². The zero-order valence-electron chi connectivity index (χ0n) is 14.2. The number of hydrogen-bond donors (Lipinski definition) is 1. The Morgan fingerprint density at radius 2 is 1.75 bits per heavy atom. The van der Waals surface area contributed by atoms with Crippen LogP contribution in [0.2, 0.25) is 0 Å². The smallest absolute Gasteiger partial charge is 0.0116 e. The SMILES string of the molecule is CCCNC1CC2CCCC(C1)N2C(C)CC(C)CC. The summed E-state index contributed by atoms with van der Waals surface area (Å²) < 4.78 is 0. The van der Waals surface area contributed by atoms with Gasteiger partial charge in [0.2, 0.25) is 0 Å². The Morgan fingerprint density at radius 1 is 1.10 bits per heavy atom. The molecule has 0 aromatic heterocycles. The van der Waals surface area contributed by atoms with Crippen molar-refractivity contribution in [3.8, 4) is 0 Å². The van der Waals surface area contributed by atoms with Crippen LogP contribution >= 0.6 is 0 Å². The van der Waals surface area contributed by atoms with E-state index in [2.05, 4.69) is 37.9 Å². The van der Waals surface area contributed by atoms with Crippen molar-refractivity contribution in [2.24, 2.45) is 5.92 Å². The summed E-state index contributed by atoms with van der Waals surface area (Å²) in [5.41, 5.74) is 0. The monoisotopic (exact) mass is 280 g/mol. The number of nitrogens with zero attached hydrogens (tertiary/aromatic N) is 1. The van der Waals surface area contributed by atoms with Gasteiger partial charge in [-0.2, -0.15) is 0 Å². The number of hydrogen-bond acceptors (Lipinski definition) is 2. The highest BCUT2D eigenvalue weighted by atomic mass is 15.2. The lowest BCUT2D eigenvalue weighted by molar-refractivity contribution is -0.0117. The second-order valence-electron chi connectivity index (χ2n) is 7.41. The average Bonchev–Trinajstić information content (AvgIpc) is 2.43. The molecule has 2 aliphatic heterocycles. The van der Waals surface area contributed by atoms with Crippen molar-refractivity contribution >= 4 is 0 Å². The minimum atomic E-state index is 0.785. The second kappa shape index (κ2) is 7.79. The maximum absolute atomic E-state index is 3.78. The van der Waals surface area contributed by atoms with Crippen LogP contribution in [0.3, 0.4) is 0 Å². The molecule has 2 heteroatoms. The van der Waals surface area contributed by atoms with E-state index in [0.717, 1.165) is 30.1 Å². The first-order valence-electron chi connectivity index (χ1n) is 9.16. The molecular formula is C18H36N2. The van der Waals surface area contributed by atoms with E-state index in [-0.39, 0.29) is 0 Å². The standard InChI is InChI=1S/C18H36N2/c1-5-10-19-16-12-17-8-7-9-18(13-16)20(17)15(4)11-14(3)6-2/h14-19H,5-13H2,1-4H3. The van der Waals surface area contributed by atoms with Crippen LogP contribution in [0.4, 0.5) is 0 Å². The molecular weight excluding hydrogens is 244 g/mol. The topological polar surface area (TPSA) is 15.3 Å². The van der Waals surface area contributed by atoms with Crippen molar-refractivity contribution in [3.05, 3.63) is 0 Å². The molecule has 2 fully saturated rings. The van der Waals surface area contributed by atoms with Crippen LogP contribution in [-0.2, 0) is 0 Å². The molecule has 2 saturated heterocycles. The minimum absolute atomic E-state index is 0.785. The van der Waals surface area contributed by atoms with E-state index < -0.39 is 0 Å². The van der Waals surface area contributed by atoms with Crippen LogP contribution < -0.4 is 5.32 Å². The molecule has 20 heavy (non-hydrogen) atoms. The van der Waals surface area contributed by atoms with Gasteiger partial charge in [0.1, 0.15) is 0 Å². The molecule has 2 rings (SSSR count). The molecule has 0 aliphatic carbocycles. The molecule has 0 aromatic carbocycles. The minimum Gasteiger partial charge on any atom is -0.314 e. The van der Waals surface area contributed by atoms with Gasteiger partial charge >= 0.3 is 0 Å². The van der Waals surface area contributed by atoms with Crippen molar-refractivity contribution in [1.29, 1.82) is 0 Å². The lowest BCUT2D eigenvalue weighted by Gasteiger charge is -2.52. The van der Waals surface area contributed by atoms with Crippen molar-refractivity contribution < 1.29 is 0 Å². The van der Waals surface area contributed by atoms with E-state index >= 15 is 0 Å². The fourth-order valence-corrected chi connectivity index (χ4v) is 4.52. The number of piperidine rings is 2. The lowest BCUT2D eigenvalue weighted by atomic mass is 9.79. The van der Waals surface area contributed by atoms with E-state index in [1.165, 1.54) is 57.9 Å². The highest BCUT2D eigenvalue weighted by molar-refractivity contribution is 4.97. The van der Waals surface area contributed by atoms with Crippen LogP contribution in [0, 0.1) is 5.92 Å². The molecule has 2 nitrogen and oxygen atoms in total. The van der Waals surface area contributed by atoms with Crippen molar-refractivity contribution in [2.45, 2.75) is 103 Å². The van der Waals surface area contributed by atoms with Gasteiger partial charge in [-0.15, -0.1) is 0 Å². The molecule has 4 atom stereocenters. The molecule has 4 unspecified atom stereocenters. The van der Waals surface area contributed by atoms with Gasteiger partial charge < -0.3 is 5.32 Å². The third-order valence-corrected chi connectivity index (χ3v) is 5.66. The molecule has 2 aliphatic rings. The highest BCUT2D eigenvalue weighted by Crippen LogP contribution is 2.36. The Bertz CT molecular complexity index is 265. The molecule has 2 heterocycles. The Balaban J connectivity index is 1.93. The number of fused-ring (bicyclic) bond motifs is 2. The van der Waals surface area contributed by atoms with E-state index in [9.17, 15) is 0 Å². The summed E-state index contributed by atoms with van der Waals surface area (Å²) in [5, 5.41) is 3.78. The van der Waals surface area contributed by atoms with Crippen LogP contribution in [0.5, 0.6) is 0 Å². The first kappa shape index (κ1) is 16.3. The van der Waals surface area contributed by atoms with E-state index in [1.54, 1.807) is 0 Å². The zero-order chi connectivity index (χ0) is 14.5. The van der Waals surface area contributed by atoms with Crippen LogP contribution in [0.15, 0.2) is 0 Å². The highest BCUT2D eigenvalue weighted by Gasteiger charge is 2.40. The van der Waals surface area contributed by atoms with Crippen LogP contribution in [0.1, 0.15) is 79.1 Å². The predicted molar refractivity (Wildman–Crippen MR) is 88.1 cm³/mol. The molecule has 1 N–H and O–H groups in total. The fourth-order valence-electron chi connectivity index (χ4n) is 4.52. The molecule has 118 valence electrons. The Kier molecular flexibility index (Phi) is 6.35. The predicted octanol–water partition coefficient (Wildman–Crippen LogP) is 4.20. The van der Waals surface area contributed by atoms with E-state index in [4.69, 9.17) is 0 Å². The van der Waals surface area contributed by atoms with Gasteiger partial charge in [0.15, 0.2) is 0 Å². The van der Waals surface area contributed by atoms with Gasteiger partial charge in [0.05, 0.1) is 0 Å². The van der Waals surface area contributed by atoms with Gasteiger partial charge in [-0.05, 0) is 57.9 Å². The third-order valence-electron chi connectivity index (χ3n) is 5.66. The van der Waals surface area contributed by atoms with Gasteiger partial charge in [-0.1, -0.05) is 33.6 Å². The summed E-state index contributed by atoms with van der Waals surface area (Å²) in [5.74, 6) is 0.877. The van der Waals surface area contributed by atoms with Crippen LogP contribution in [-0.4, -0.2) is 35.6 Å². The summed E-state index contributed by atoms with van der Waals surface area (Å²) in [4.78, 5) is 2.92. The molecule has 0 aromatic rings. The maximum Gasteiger partial charge on any atom is 0.0116 e. The van der Waals surface area contributed by atoms with Crippen molar-refractivity contribution in [3.63, 3.8) is 0 Å². The second-order valence-corrected chi connectivity index (χ2v) is 7.41. The Hall–Kier alpha value is -0.0800. The summed E-state index contributed by atoms with van der Waals surface area (Å²) in [6, 6.07) is 3.29. The molecule has 0 radical (unpaired) electrons. The van der Waals surface area contributed by atoms with E-state index in [0.29, 0.717) is 0 Å². The van der Waals surface area contributed by atoms with Crippen molar-refractivity contribution in [1.82, 2.24) is 10.2 Å². The normalized spacial score (nSPS) is 33.9. The summed E-state index contributed by atoms with van der Waals surface area (Å²) in [6.07, 6.45) is 11.1. The maximum atomic E-state index is 3.78. The van der Waals surface area contributed by atoms with Crippen LogP contribution in [0.25, 0.3) is 0 Å². The Labute approximate surface area is 126 Å². The largest absolute Gasteiger partial charge is 0.314 e. The zero-order valence-corrected chi connectivity index (χ0v) is 14.2. The van der Waals surface area contributed by atoms with Gasteiger partial charge in [0.25, 0.3) is 0 Å². The molecule has 0 spiro atoms. The summed E-state index contributed by atoms with van der Waals surface area (Å²) in [7, 11) is 0. The summed E-state index contributed by atoms with van der Waals surface area (Å²) in [6.45, 7) is 10.7. The number of nitrogens with one attached hydrogen (secondary N) is 1. The van der Waals surface area contributed by atoms with Gasteiger partial charge in [-0.25, -0.2) is 0 Å². The molecule has 2 bridgehead atoms. The lowest BCUT2D eigenvalue weighted by Crippen LogP contribution is -2.59. The van der Waals surface area contributed by atoms with Gasteiger partial charge in [0, 0.05) is 24.2 Å².